The average molecular weight is 277 g/mol. The van der Waals surface area contributed by atoms with Crippen molar-refractivity contribution >= 4 is 18.0 Å². The molecule has 1 aliphatic rings. The molecule has 110 valence electrons. The van der Waals surface area contributed by atoms with Gasteiger partial charge < -0.3 is 9.32 Å². The summed E-state index contributed by atoms with van der Waals surface area (Å²) in [5.41, 5.74) is 2.51. The molecule has 20 heavy (non-hydrogen) atoms. The molecule has 1 aliphatic heterocycles. The van der Waals surface area contributed by atoms with E-state index in [2.05, 4.69) is 22.4 Å². The molecule has 0 bridgehead atoms. The van der Waals surface area contributed by atoms with Crippen molar-refractivity contribution in [2.24, 2.45) is 5.10 Å². The summed E-state index contributed by atoms with van der Waals surface area (Å²) >= 11 is 0. The van der Waals surface area contributed by atoms with Crippen LogP contribution < -0.4 is 10.3 Å². The van der Waals surface area contributed by atoms with Crippen LogP contribution in [0.4, 0.5) is 5.88 Å². The number of hydrogen-bond acceptors (Lipinski definition) is 4. The predicted molar refractivity (Wildman–Crippen MR) is 80.0 cm³/mol. The van der Waals surface area contributed by atoms with E-state index in [0.29, 0.717) is 12.2 Å². The summed E-state index contributed by atoms with van der Waals surface area (Å²) in [6, 6.07) is 3.84. The highest BCUT2D eigenvalue weighted by atomic mass is 16.4. The quantitative estimate of drug-likeness (QED) is 0.642. The molecule has 2 rings (SSSR count). The van der Waals surface area contributed by atoms with Crippen LogP contribution >= 0.6 is 0 Å². The van der Waals surface area contributed by atoms with Gasteiger partial charge in [-0.2, -0.15) is 5.10 Å². The van der Waals surface area contributed by atoms with E-state index in [1.807, 2.05) is 12.1 Å². The number of unbranched alkanes of at least 4 members (excludes halogenated alkanes) is 1. The first-order chi connectivity index (χ1) is 9.79. The van der Waals surface area contributed by atoms with E-state index < -0.39 is 0 Å². The number of hydrazone groups is 1. The zero-order valence-corrected chi connectivity index (χ0v) is 12.1. The molecule has 5 heteroatoms. The minimum absolute atomic E-state index is 0.0501. The van der Waals surface area contributed by atoms with Gasteiger partial charge in [-0.1, -0.05) is 13.3 Å². The molecule has 2 heterocycles. The van der Waals surface area contributed by atoms with Gasteiger partial charge in [0.15, 0.2) is 5.88 Å². The Hall–Kier alpha value is -1.78. The van der Waals surface area contributed by atoms with Gasteiger partial charge in [-0.05, 0) is 31.7 Å². The first-order valence-electron chi connectivity index (χ1n) is 7.46. The van der Waals surface area contributed by atoms with Crippen LogP contribution in [0.15, 0.2) is 21.7 Å². The van der Waals surface area contributed by atoms with Crippen LogP contribution in [-0.4, -0.2) is 25.2 Å². The molecule has 0 saturated carbocycles. The molecule has 0 aromatic carbocycles. The normalized spacial score (nSPS) is 15.8. The van der Waals surface area contributed by atoms with Gasteiger partial charge in [0.1, 0.15) is 5.76 Å². The number of piperidine rings is 1. The Bertz CT molecular complexity index is 448. The van der Waals surface area contributed by atoms with E-state index in [-0.39, 0.29) is 5.91 Å². The summed E-state index contributed by atoms with van der Waals surface area (Å²) in [6.07, 6.45) is 7.71. The summed E-state index contributed by atoms with van der Waals surface area (Å²) in [6.45, 7) is 4.16. The van der Waals surface area contributed by atoms with Crippen LogP contribution in [0.3, 0.4) is 0 Å². The van der Waals surface area contributed by atoms with E-state index in [1.165, 1.54) is 19.3 Å². The molecule has 0 radical (unpaired) electrons. The number of nitrogens with zero attached hydrogens (tertiary/aromatic N) is 2. The highest BCUT2D eigenvalue weighted by Gasteiger charge is 2.13. The van der Waals surface area contributed by atoms with Gasteiger partial charge in [-0.3, -0.25) is 4.79 Å². The molecular formula is C15H23N3O2. The summed E-state index contributed by atoms with van der Waals surface area (Å²) in [5, 5.41) is 3.92. The van der Waals surface area contributed by atoms with Crippen molar-refractivity contribution in [2.45, 2.75) is 45.4 Å². The van der Waals surface area contributed by atoms with Crippen LogP contribution in [0, 0.1) is 0 Å². The molecule has 0 atom stereocenters. The Kier molecular flexibility index (Phi) is 5.65. The smallest absolute Gasteiger partial charge is 0.240 e. The maximum atomic E-state index is 11.4. The van der Waals surface area contributed by atoms with Crippen LogP contribution in [0.5, 0.6) is 0 Å². The number of anilines is 1. The summed E-state index contributed by atoms with van der Waals surface area (Å²) in [5.74, 6) is 1.51. The average Bonchev–Trinajstić information content (AvgIpc) is 2.95. The first-order valence-corrected chi connectivity index (χ1v) is 7.46. The molecule has 1 N–H and O–H groups in total. The van der Waals surface area contributed by atoms with Crippen molar-refractivity contribution in [2.75, 3.05) is 18.0 Å². The molecule has 0 aliphatic carbocycles. The second-order valence-electron chi connectivity index (χ2n) is 5.12. The standard InChI is InChI=1S/C15H23N3O2/c1-2-3-7-14(19)17-16-12-13-8-9-15(20-13)18-10-5-4-6-11-18/h8-9,12H,2-7,10-11H2,1H3,(H,17,19)/b16-12-. The van der Waals surface area contributed by atoms with Crippen LogP contribution in [0.25, 0.3) is 0 Å². The minimum atomic E-state index is -0.0501. The van der Waals surface area contributed by atoms with Gasteiger partial charge in [-0.25, -0.2) is 5.43 Å². The van der Waals surface area contributed by atoms with E-state index in [0.717, 1.165) is 31.8 Å². The Morgan fingerprint density at radius 1 is 1.40 bits per heavy atom. The van der Waals surface area contributed by atoms with Gasteiger partial charge in [-0.15, -0.1) is 0 Å². The molecule has 5 nitrogen and oxygen atoms in total. The Labute approximate surface area is 120 Å². The molecular weight excluding hydrogens is 254 g/mol. The first kappa shape index (κ1) is 14.6. The maximum Gasteiger partial charge on any atom is 0.240 e. The lowest BCUT2D eigenvalue weighted by atomic mass is 10.1. The Morgan fingerprint density at radius 3 is 2.95 bits per heavy atom. The number of furan rings is 1. The third-order valence-electron chi connectivity index (χ3n) is 3.42. The van der Waals surface area contributed by atoms with Gasteiger partial charge in [0.05, 0.1) is 6.21 Å². The molecule has 0 spiro atoms. The van der Waals surface area contributed by atoms with E-state index in [4.69, 9.17) is 4.42 Å². The second-order valence-corrected chi connectivity index (χ2v) is 5.12. The number of carbonyl (C=O) groups excluding carboxylic acids is 1. The van der Waals surface area contributed by atoms with Crippen LogP contribution in [0.2, 0.25) is 0 Å². The monoisotopic (exact) mass is 277 g/mol. The fourth-order valence-corrected chi connectivity index (χ4v) is 2.26. The zero-order valence-electron chi connectivity index (χ0n) is 12.1. The van der Waals surface area contributed by atoms with Crippen molar-refractivity contribution in [3.63, 3.8) is 0 Å². The van der Waals surface area contributed by atoms with Crippen LogP contribution in [-0.2, 0) is 4.79 Å². The number of rotatable bonds is 6. The lowest BCUT2D eigenvalue weighted by Crippen LogP contribution is -2.28. The zero-order chi connectivity index (χ0) is 14.2. The van der Waals surface area contributed by atoms with E-state index in [1.54, 1.807) is 6.21 Å². The highest BCUT2D eigenvalue weighted by molar-refractivity contribution is 5.80. The summed E-state index contributed by atoms with van der Waals surface area (Å²) < 4.78 is 5.71. The molecule has 1 fully saturated rings. The second kappa shape index (κ2) is 7.72. The number of nitrogens with one attached hydrogen (secondary N) is 1. The minimum Gasteiger partial charge on any atom is -0.440 e. The lowest BCUT2D eigenvalue weighted by Gasteiger charge is -2.25. The van der Waals surface area contributed by atoms with Crippen LogP contribution in [0.1, 0.15) is 51.2 Å². The van der Waals surface area contributed by atoms with Gasteiger partial charge in [0.2, 0.25) is 5.91 Å². The maximum absolute atomic E-state index is 11.4. The Morgan fingerprint density at radius 2 is 2.20 bits per heavy atom. The van der Waals surface area contributed by atoms with Crippen molar-refractivity contribution in [1.82, 2.24) is 5.43 Å². The molecule has 1 saturated heterocycles. The molecule has 0 unspecified atom stereocenters. The van der Waals surface area contributed by atoms with Crippen molar-refractivity contribution < 1.29 is 9.21 Å². The van der Waals surface area contributed by atoms with Gasteiger partial charge in [0.25, 0.3) is 0 Å². The largest absolute Gasteiger partial charge is 0.440 e. The Balaban J connectivity index is 1.81. The highest BCUT2D eigenvalue weighted by Crippen LogP contribution is 2.21. The fraction of sp³-hybridized carbons (Fsp3) is 0.600. The van der Waals surface area contributed by atoms with Gasteiger partial charge >= 0.3 is 0 Å². The number of hydrogen-bond donors (Lipinski definition) is 1. The van der Waals surface area contributed by atoms with Crippen molar-refractivity contribution in [1.29, 1.82) is 0 Å². The van der Waals surface area contributed by atoms with Gasteiger partial charge in [0, 0.05) is 25.6 Å². The van der Waals surface area contributed by atoms with Crippen molar-refractivity contribution in [3.05, 3.63) is 17.9 Å². The van der Waals surface area contributed by atoms with Crippen molar-refractivity contribution in [3.8, 4) is 0 Å². The predicted octanol–water partition coefficient (Wildman–Crippen LogP) is 2.91. The number of carbonyl (C=O) groups is 1. The lowest BCUT2D eigenvalue weighted by molar-refractivity contribution is -0.121. The third-order valence-corrected chi connectivity index (χ3v) is 3.42. The molecule has 1 aromatic rings. The number of amides is 1. The molecule has 1 aromatic heterocycles. The summed E-state index contributed by atoms with van der Waals surface area (Å²) in [4.78, 5) is 13.6. The van der Waals surface area contributed by atoms with E-state index in [9.17, 15) is 4.79 Å². The van der Waals surface area contributed by atoms with E-state index >= 15 is 0 Å². The topological polar surface area (TPSA) is 57.8 Å². The third kappa shape index (κ3) is 4.40. The summed E-state index contributed by atoms with van der Waals surface area (Å²) in [7, 11) is 0. The SMILES string of the molecule is CCCCC(=O)N/N=C\c1ccc(N2CCCCC2)o1. The molecule has 1 amide bonds. The fourth-order valence-electron chi connectivity index (χ4n) is 2.26.